The van der Waals surface area contributed by atoms with Crippen molar-refractivity contribution >= 4 is 10.0 Å². The van der Waals surface area contributed by atoms with Crippen LogP contribution in [-0.4, -0.2) is 25.3 Å². The third-order valence-corrected chi connectivity index (χ3v) is 5.97. The van der Waals surface area contributed by atoms with Gasteiger partial charge in [-0.2, -0.15) is 4.31 Å². The predicted octanol–water partition coefficient (Wildman–Crippen LogP) is 2.35. The molecule has 0 aromatic heterocycles. The van der Waals surface area contributed by atoms with E-state index in [-0.39, 0.29) is 6.04 Å². The molecule has 0 saturated heterocycles. The van der Waals surface area contributed by atoms with E-state index < -0.39 is 10.0 Å². The molecule has 18 heavy (non-hydrogen) atoms. The smallest absolute Gasteiger partial charge is 0.207 e. The van der Waals surface area contributed by atoms with Gasteiger partial charge < -0.3 is 0 Å². The second-order valence-electron chi connectivity index (χ2n) is 5.22. The highest BCUT2D eigenvalue weighted by Gasteiger charge is 2.37. The second kappa shape index (κ2) is 4.35. The maximum absolute atomic E-state index is 12.6. The number of nitrogens with zero attached hydrogens (tertiary/aromatic N) is 1. The Labute approximate surface area is 109 Å². The molecule has 0 heterocycles. The van der Waals surface area contributed by atoms with Crippen LogP contribution in [0.5, 0.6) is 0 Å². The van der Waals surface area contributed by atoms with Crippen LogP contribution in [-0.2, 0) is 22.9 Å². The van der Waals surface area contributed by atoms with Crippen LogP contribution in [0.4, 0.5) is 0 Å². The zero-order valence-corrected chi connectivity index (χ0v) is 11.5. The fourth-order valence-corrected chi connectivity index (χ4v) is 4.58. The lowest BCUT2D eigenvalue weighted by molar-refractivity contribution is 0.421. The first kappa shape index (κ1) is 12.2. The Morgan fingerprint density at radius 1 is 1.22 bits per heavy atom. The Morgan fingerprint density at radius 3 is 2.61 bits per heavy atom. The van der Waals surface area contributed by atoms with Crippen LogP contribution in [0, 0.1) is 0 Å². The molecule has 1 saturated carbocycles. The van der Waals surface area contributed by atoms with E-state index in [9.17, 15) is 8.42 Å². The molecule has 3 rings (SSSR count). The Hall–Kier alpha value is -0.870. The van der Waals surface area contributed by atoms with Crippen molar-refractivity contribution in [2.24, 2.45) is 0 Å². The number of benzene rings is 1. The monoisotopic (exact) mass is 265 g/mol. The summed E-state index contributed by atoms with van der Waals surface area (Å²) >= 11 is 0. The molecule has 1 aromatic carbocycles. The van der Waals surface area contributed by atoms with Crippen molar-refractivity contribution in [1.29, 1.82) is 0 Å². The van der Waals surface area contributed by atoms with Gasteiger partial charge in [-0.1, -0.05) is 13.0 Å². The quantitative estimate of drug-likeness (QED) is 0.838. The van der Waals surface area contributed by atoms with Crippen LogP contribution in [0.2, 0.25) is 0 Å². The van der Waals surface area contributed by atoms with Gasteiger partial charge in [-0.25, -0.2) is 8.42 Å². The Kier molecular flexibility index (Phi) is 2.94. The van der Waals surface area contributed by atoms with E-state index in [4.69, 9.17) is 0 Å². The average molecular weight is 265 g/mol. The van der Waals surface area contributed by atoms with Gasteiger partial charge in [0.05, 0.1) is 4.90 Å². The molecule has 0 unspecified atom stereocenters. The van der Waals surface area contributed by atoms with Crippen molar-refractivity contribution in [2.45, 2.75) is 50.0 Å². The zero-order valence-electron chi connectivity index (χ0n) is 10.7. The van der Waals surface area contributed by atoms with Crippen LogP contribution in [0.15, 0.2) is 23.1 Å². The van der Waals surface area contributed by atoms with Crippen molar-refractivity contribution in [3.8, 4) is 0 Å². The van der Waals surface area contributed by atoms with Crippen LogP contribution in [0.1, 0.15) is 37.3 Å². The summed E-state index contributed by atoms with van der Waals surface area (Å²) in [5.41, 5.74) is 2.55. The van der Waals surface area contributed by atoms with E-state index in [0.29, 0.717) is 11.4 Å². The highest BCUT2D eigenvalue weighted by molar-refractivity contribution is 7.89. The molecule has 2 aliphatic carbocycles. The summed E-state index contributed by atoms with van der Waals surface area (Å²) in [6.45, 7) is 2.49. The topological polar surface area (TPSA) is 37.4 Å². The minimum atomic E-state index is -3.28. The molecule has 0 atom stereocenters. The van der Waals surface area contributed by atoms with Crippen molar-refractivity contribution in [3.63, 3.8) is 0 Å². The Balaban J connectivity index is 1.97. The molecular formula is C14H19NO2S. The number of fused-ring (bicyclic) bond motifs is 1. The number of sulfonamides is 1. The largest absolute Gasteiger partial charge is 0.243 e. The molecule has 2 aliphatic rings. The van der Waals surface area contributed by atoms with Gasteiger partial charge in [-0.05, 0) is 55.4 Å². The fourth-order valence-electron chi connectivity index (χ4n) is 2.83. The number of hydrogen-bond donors (Lipinski definition) is 0. The van der Waals surface area contributed by atoms with Crippen LogP contribution in [0.25, 0.3) is 0 Å². The van der Waals surface area contributed by atoms with Crippen LogP contribution >= 0.6 is 0 Å². The molecule has 0 bridgehead atoms. The summed E-state index contributed by atoms with van der Waals surface area (Å²) in [5.74, 6) is 0. The predicted molar refractivity (Wildman–Crippen MR) is 71.1 cm³/mol. The van der Waals surface area contributed by atoms with Gasteiger partial charge in [-0.3, -0.25) is 0 Å². The molecular weight excluding hydrogens is 246 g/mol. The summed E-state index contributed by atoms with van der Waals surface area (Å²) < 4.78 is 26.8. The van der Waals surface area contributed by atoms with E-state index in [1.807, 2.05) is 19.1 Å². The van der Waals surface area contributed by atoms with E-state index in [0.717, 1.165) is 32.1 Å². The third-order valence-electron chi connectivity index (χ3n) is 3.94. The lowest BCUT2D eigenvalue weighted by Crippen LogP contribution is -2.32. The first-order chi connectivity index (χ1) is 8.63. The Morgan fingerprint density at radius 2 is 1.94 bits per heavy atom. The van der Waals surface area contributed by atoms with Crippen LogP contribution < -0.4 is 0 Å². The molecule has 0 spiro atoms. The summed E-state index contributed by atoms with van der Waals surface area (Å²) in [7, 11) is -3.28. The summed E-state index contributed by atoms with van der Waals surface area (Å²) in [6, 6.07) is 5.91. The SMILES string of the molecule is CCN(C1CC1)S(=O)(=O)c1ccc2c(c1)CCC2. The molecule has 0 aliphatic heterocycles. The van der Waals surface area contributed by atoms with Crippen molar-refractivity contribution < 1.29 is 8.42 Å². The fraction of sp³-hybridized carbons (Fsp3) is 0.571. The first-order valence-electron chi connectivity index (χ1n) is 6.76. The normalized spacial score (nSPS) is 19.2. The van der Waals surface area contributed by atoms with E-state index in [1.54, 1.807) is 10.4 Å². The lowest BCUT2D eigenvalue weighted by Gasteiger charge is -2.20. The standard InChI is InChI=1S/C14H19NO2S/c1-2-15(13-7-8-13)18(16,17)14-9-6-11-4-3-5-12(11)10-14/h6,9-10,13H,2-5,7-8H2,1H3. The van der Waals surface area contributed by atoms with Gasteiger partial charge in [0.2, 0.25) is 10.0 Å². The first-order valence-corrected chi connectivity index (χ1v) is 8.20. The zero-order chi connectivity index (χ0) is 12.8. The van der Waals surface area contributed by atoms with E-state index in [1.165, 1.54) is 11.1 Å². The third kappa shape index (κ3) is 1.97. The van der Waals surface area contributed by atoms with Crippen molar-refractivity contribution in [2.75, 3.05) is 6.54 Å². The highest BCUT2D eigenvalue weighted by Crippen LogP contribution is 2.33. The van der Waals surface area contributed by atoms with Gasteiger partial charge >= 0.3 is 0 Å². The average Bonchev–Trinajstić information content (AvgIpc) is 3.06. The molecule has 1 fully saturated rings. The molecule has 0 amide bonds. The van der Waals surface area contributed by atoms with Gasteiger partial charge in [-0.15, -0.1) is 0 Å². The van der Waals surface area contributed by atoms with E-state index in [2.05, 4.69) is 0 Å². The Bertz CT molecular complexity index is 561. The van der Waals surface area contributed by atoms with E-state index >= 15 is 0 Å². The van der Waals surface area contributed by atoms with Crippen molar-refractivity contribution in [3.05, 3.63) is 29.3 Å². The molecule has 98 valence electrons. The molecule has 0 N–H and O–H groups in total. The minimum absolute atomic E-state index is 0.244. The maximum Gasteiger partial charge on any atom is 0.243 e. The number of hydrogen-bond acceptors (Lipinski definition) is 2. The molecule has 1 aromatic rings. The highest BCUT2D eigenvalue weighted by atomic mass is 32.2. The molecule has 4 heteroatoms. The van der Waals surface area contributed by atoms with Gasteiger partial charge in [0.15, 0.2) is 0 Å². The molecule has 3 nitrogen and oxygen atoms in total. The van der Waals surface area contributed by atoms with Gasteiger partial charge in [0.25, 0.3) is 0 Å². The van der Waals surface area contributed by atoms with Crippen molar-refractivity contribution in [1.82, 2.24) is 4.31 Å². The summed E-state index contributed by atoms with van der Waals surface area (Å²) in [6.07, 6.45) is 5.29. The minimum Gasteiger partial charge on any atom is -0.207 e. The van der Waals surface area contributed by atoms with Gasteiger partial charge in [0.1, 0.15) is 0 Å². The van der Waals surface area contributed by atoms with Crippen LogP contribution in [0.3, 0.4) is 0 Å². The maximum atomic E-state index is 12.6. The summed E-state index contributed by atoms with van der Waals surface area (Å²) in [4.78, 5) is 0.483. The van der Waals surface area contributed by atoms with Gasteiger partial charge in [0, 0.05) is 12.6 Å². The second-order valence-corrected chi connectivity index (χ2v) is 7.11. The summed E-state index contributed by atoms with van der Waals surface area (Å²) in [5, 5.41) is 0. The lowest BCUT2D eigenvalue weighted by atomic mass is 10.1. The number of rotatable bonds is 4. The number of aryl methyl sites for hydroxylation is 2. The molecule has 0 radical (unpaired) electrons.